The van der Waals surface area contributed by atoms with Gasteiger partial charge < -0.3 is 10.2 Å². The number of nitrogens with one attached hydrogen (secondary N) is 1. The second kappa shape index (κ2) is 5.57. The fourth-order valence-corrected chi connectivity index (χ4v) is 3.12. The van der Waals surface area contributed by atoms with Gasteiger partial charge in [0, 0.05) is 23.8 Å². The highest BCUT2D eigenvalue weighted by molar-refractivity contribution is 7.13. The molecule has 0 aliphatic heterocycles. The van der Waals surface area contributed by atoms with Gasteiger partial charge in [0.15, 0.2) is 5.13 Å². The fourth-order valence-electron chi connectivity index (χ4n) is 1.49. The smallest absolute Gasteiger partial charge is 0.185 e. The molecule has 0 bridgehead atoms. The first kappa shape index (κ1) is 12.5. The van der Waals surface area contributed by atoms with Crippen molar-refractivity contribution in [3.63, 3.8) is 0 Å². The Morgan fingerprint density at radius 2 is 2.24 bits per heavy atom. The van der Waals surface area contributed by atoms with Crippen molar-refractivity contribution in [3.8, 4) is 0 Å². The van der Waals surface area contributed by atoms with Crippen LogP contribution in [0.4, 0.5) is 5.13 Å². The minimum atomic E-state index is 0.823. The molecule has 2 rings (SSSR count). The Balaban J connectivity index is 2.04. The Labute approximate surface area is 109 Å². The summed E-state index contributed by atoms with van der Waals surface area (Å²) < 4.78 is 0. The molecule has 0 radical (unpaired) electrons. The maximum Gasteiger partial charge on any atom is 0.185 e. The predicted molar refractivity (Wildman–Crippen MR) is 73.8 cm³/mol. The van der Waals surface area contributed by atoms with Crippen LogP contribution in [-0.2, 0) is 13.1 Å². The van der Waals surface area contributed by atoms with E-state index in [0.29, 0.717) is 0 Å². The van der Waals surface area contributed by atoms with Crippen molar-refractivity contribution in [2.75, 3.05) is 19.0 Å². The lowest BCUT2D eigenvalue weighted by Crippen LogP contribution is -2.16. The van der Waals surface area contributed by atoms with Gasteiger partial charge in [-0.15, -0.1) is 22.7 Å². The summed E-state index contributed by atoms with van der Waals surface area (Å²) in [7, 11) is 4.00. The molecule has 92 valence electrons. The molecule has 2 aromatic rings. The molecule has 0 saturated carbocycles. The quantitative estimate of drug-likeness (QED) is 0.903. The van der Waals surface area contributed by atoms with Crippen molar-refractivity contribution < 1.29 is 0 Å². The monoisotopic (exact) mass is 268 g/mol. The molecular formula is C11H16N4S2. The van der Waals surface area contributed by atoms with Crippen LogP contribution in [0.15, 0.2) is 10.9 Å². The number of hydrogen-bond donors (Lipinski definition) is 1. The van der Waals surface area contributed by atoms with Crippen molar-refractivity contribution in [1.29, 1.82) is 0 Å². The zero-order valence-corrected chi connectivity index (χ0v) is 11.9. The Morgan fingerprint density at radius 3 is 2.88 bits per heavy atom. The molecule has 0 saturated heterocycles. The van der Waals surface area contributed by atoms with Gasteiger partial charge in [-0.25, -0.2) is 9.97 Å². The topological polar surface area (TPSA) is 41.0 Å². The van der Waals surface area contributed by atoms with E-state index in [1.807, 2.05) is 19.5 Å². The predicted octanol–water partition coefficient (Wildman–Crippen LogP) is 2.26. The van der Waals surface area contributed by atoms with Gasteiger partial charge in [-0.2, -0.15) is 0 Å². The second-order valence-corrected chi connectivity index (χ2v) is 5.64. The van der Waals surface area contributed by atoms with Gasteiger partial charge in [-0.1, -0.05) is 0 Å². The van der Waals surface area contributed by atoms with E-state index in [9.17, 15) is 0 Å². The van der Waals surface area contributed by atoms with Crippen LogP contribution in [0, 0.1) is 6.92 Å². The number of aryl methyl sites for hydroxylation is 1. The molecular weight excluding hydrogens is 252 g/mol. The molecule has 0 atom stereocenters. The minimum Gasteiger partial charge on any atom is -0.346 e. The Hall–Kier alpha value is -0.980. The summed E-state index contributed by atoms with van der Waals surface area (Å²) in [6.45, 7) is 3.75. The van der Waals surface area contributed by atoms with Crippen LogP contribution in [0.1, 0.15) is 16.3 Å². The van der Waals surface area contributed by atoms with Crippen LogP contribution < -0.4 is 10.2 Å². The molecule has 2 aromatic heterocycles. The number of rotatable bonds is 5. The third kappa shape index (κ3) is 3.02. The van der Waals surface area contributed by atoms with Crippen molar-refractivity contribution in [1.82, 2.24) is 15.3 Å². The number of aromatic nitrogens is 2. The van der Waals surface area contributed by atoms with Gasteiger partial charge in [-0.05, 0) is 14.0 Å². The first-order chi connectivity index (χ1) is 8.20. The van der Waals surface area contributed by atoms with Gasteiger partial charge in [0.2, 0.25) is 0 Å². The highest BCUT2D eigenvalue weighted by Gasteiger charge is 2.10. The maximum atomic E-state index is 4.58. The standard InChI is InChI=1S/C11H16N4S2/c1-8-10(17-7-13-8)5-15(3)11-14-9(4-12-2)6-16-11/h6-7,12H,4-5H2,1-3H3. The molecule has 6 heteroatoms. The van der Waals surface area contributed by atoms with E-state index in [1.54, 1.807) is 22.7 Å². The Morgan fingerprint density at radius 1 is 1.41 bits per heavy atom. The normalized spacial score (nSPS) is 10.8. The lowest BCUT2D eigenvalue weighted by atomic mass is 10.4. The van der Waals surface area contributed by atoms with Crippen LogP contribution in [0.3, 0.4) is 0 Å². The van der Waals surface area contributed by atoms with E-state index < -0.39 is 0 Å². The summed E-state index contributed by atoms with van der Waals surface area (Å²) >= 11 is 3.39. The van der Waals surface area contributed by atoms with Crippen LogP contribution in [0.25, 0.3) is 0 Å². The summed E-state index contributed by atoms with van der Waals surface area (Å²) in [5.41, 5.74) is 4.11. The van der Waals surface area contributed by atoms with Crippen molar-refractivity contribution in [2.24, 2.45) is 0 Å². The first-order valence-electron chi connectivity index (χ1n) is 5.40. The van der Waals surface area contributed by atoms with E-state index >= 15 is 0 Å². The number of anilines is 1. The molecule has 0 aliphatic rings. The average Bonchev–Trinajstić information content (AvgIpc) is 2.90. The molecule has 0 aliphatic carbocycles. The SMILES string of the molecule is CNCc1csc(N(C)Cc2scnc2C)n1. The summed E-state index contributed by atoms with van der Waals surface area (Å²) in [5.74, 6) is 0. The lowest BCUT2D eigenvalue weighted by molar-refractivity contribution is 0.793. The van der Waals surface area contributed by atoms with Gasteiger partial charge in [0.05, 0.1) is 23.4 Å². The van der Waals surface area contributed by atoms with Crippen molar-refractivity contribution in [2.45, 2.75) is 20.0 Å². The maximum absolute atomic E-state index is 4.58. The van der Waals surface area contributed by atoms with E-state index in [4.69, 9.17) is 0 Å². The summed E-state index contributed by atoms with van der Waals surface area (Å²) in [5, 5.41) is 6.27. The lowest BCUT2D eigenvalue weighted by Gasteiger charge is -2.14. The molecule has 0 unspecified atom stereocenters. The largest absolute Gasteiger partial charge is 0.346 e. The van der Waals surface area contributed by atoms with Crippen LogP contribution in [0.2, 0.25) is 0 Å². The van der Waals surface area contributed by atoms with E-state index in [0.717, 1.165) is 29.6 Å². The molecule has 4 nitrogen and oxygen atoms in total. The van der Waals surface area contributed by atoms with E-state index in [1.165, 1.54) is 4.88 Å². The van der Waals surface area contributed by atoms with Gasteiger partial charge in [-0.3, -0.25) is 0 Å². The van der Waals surface area contributed by atoms with Gasteiger partial charge in [0.25, 0.3) is 0 Å². The Kier molecular flexibility index (Phi) is 4.09. The summed E-state index contributed by atoms with van der Waals surface area (Å²) in [4.78, 5) is 12.3. The molecule has 1 N–H and O–H groups in total. The number of thiazole rings is 2. The molecule has 0 spiro atoms. The Bertz CT molecular complexity index is 477. The first-order valence-corrected chi connectivity index (χ1v) is 7.15. The molecule has 17 heavy (non-hydrogen) atoms. The minimum absolute atomic E-state index is 0.823. The van der Waals surface area contributed by atoms with Gasteiger partial charge >= 0.3 is 0 Å². The van der Waals surface area contributed by atoms with Crippen molar-refractivity contribution >= 4 is 27.8 Å². The highest BCUT2D eigenvalue weighted by atomic mass is 32.1. The zero-order valence-electron chi connectivity index (χ0n) is 10.2. The van der Waals surface area contributed by atoms with Crippen LogP contribution in [-0.4, -0.2) is 24.1 Å². The number of hydrogen-bond acceptors (Lipinski definition) is 6. The summed E-state index contributed by atoms with van der Waals surface area (Å²) in [6.07, 6.45) is 0. The van der Waals surface area contributed by atoms with Crippen LogP contribution >= 0.6 is 22.7 Å². The fraction of sp³-hybridized carbons (Fsp3) is 0.455. The number of nitrogens with zero attached hydrogens (tertiary/aromatic N) is 3. The highest BCUT2D eigenvalue weighted by Crippen LogP contribution is 2.23. The zero-order chi connectivity index (χ0) is 12.3. The third-order valence-corrected chi connectivity index (χ3v) is 4.37. The third-order valence-electron chi connectivity index (χ3n) is 2.45. The molecule has 2 heterocycles. The van der Waals surface area contributed by atoms with E-state index in [2.05, 4.69) is 32.6 Å². The van der Waals surface area contributed by atoms with E-state index in [-0.39, 0.29) is 0 Å². The van der Waals surface area contributed by atoms with Gasteiger partial charge in [0.1, 0.15) is 0 Å². The molecule has 0 aromatic carbocycles. The van der Waals surface area contributed by atoms with Crippen molar-refractivity contribution in [3.05, 3.63) is 27.2 Å². The summed E-state index contributed by atoms with van der Waals surface area (Å²) in [6, 6.07) is 0. The molecule has 0 amide bonds. The average molecular weight is 268 g/mol. The van der Waals surface area contributed by atoms with Crippen LogP contribution in [0.5, 0.6) is 0 Å². The second-order valence-electron chi connectivity index (χ2n) is 3.87. The molecule has 0 fully saturated rings.